The SMILES string of the molecule is COC1=C/CCC(CN=C/C=C\N)OC/C=C\1. The molecule has 1 unspecified atom stereocenters. The minimum atomic E-state index is 0.148. The zero-order valence-corrected chi connectivity index (χ0v) is 10.2. The standard InChI is InChI=1S/C13H20N2O2/c1-16-12-5-2-6-13(17-10-3-7-12)11-15-9-4-8-14/h3-5,7-9,13H,2,6,10-11,14H2,1H3/b7-3-,8-4-,12-5+,15-9?. The molecule has 0 saturated heterocycles. The lowest BCUT2D eigenvalue weighted by molar-refractivity contribution is 0.0757. The molecule has 0 aliphatic carbocycles. The Morgan fingerprint density at radius 3 is 3.29 bits per heavy atom. The number of nitrogens with two attached hydrogens (primary N) is 1. The average molecular weight is 236 g/mol. The maximum Gasteiger partial charge on any atom is 0.114 e. The quantitative estimate of drug-likeness (QED) is 0.757. The first-order chi connectivity index (χ1) is 8.36. The highest BCUT2D eigenvalue weighted by atomic mass is 16.5. The van der Waals surface area contributed by atoms with Crippen LogP contribution in [-0.2, 0) is 9.47 Å². The van der Waals surface area contributed by atoms with Crippen molar-refractivity contribution in [2.75, 3.05) is 20.3 Å². The first-order valence-electron chi connectivity index (χ1n) is 5.75. The van der Waals surface area contributed by atoms with Gasteiger partial charge in [-0.2, -0.15) is 0 Å². The molecule has 0 bridgehead atoms. The zero-order chi connectivity index (χ0) is 12.3. The highest BCUT2D eigenvalue weighted by molar-refractivity contribution is 5.70. The van der Waals surface area contributed by atoms with Crippen molar-refractivity contribution in [2.45, 2.75) is 18.9 Å². The molecule has 1 heterocycles. The molecule has 1 rings (SSSR count). The lowest BCUT2D eigenvalue weighted by Crippen LogP contribution is -2.16. The van der Waals surface area contributed by atoms with Crippen LogP contribution in [0.2, 0.25) is 0 Å². The second kappa shape index (κ2) is 8.58. The molecule has 0 spiro atoms. The molecule has 1 aliphatic rings. The third kappa shape index (κ3) is 5.92. The summed E-state index contributed by atoms with van der Waals surface area (Å²) in [7, 11) is 1.68. The lowest BCUT2D eigenvalue weighted by atomic mass is 10.2. The largest absolute Gasteiger partial charge is 0.497 e. The average Bonchev–Trinajstić information content (AvgIpc) is 2.46. The van der Waals surface area contributed by atoms with E-state index < -0.39 is 0 Å². The van der Waals surface area contributed by atoms with Gasteiger partial charge in [-0.05, 0) is 37.3 Å². The van der Waals surface area contributed by atoms with Crippen LogP contribution in [0.25, 0.3) is 0 Å². The Morgan fingerprint density at radius 2 is 2.53 bits per heavy atom. The number of hydrogen-bond acceptors (Lipinski definition) is 4. The van der Waals surface area contributed by atoms with Crippen LogP contribution in [0.3, 0.4) is 0 Å². The monoisotopic (exact) mass is 236 g/mol. The molecule has 1 aliphatic heterocycles. The van der Waals surface area contributed by atoms with Crippen LogP contribution in [-0.4, -0.2) is 32.6 Å². The van der Waals surface area contributed by atoms with E-state index in [-0.39, 0.29) is 6.10 Å². The summed E-state index contributed by atoms with van der Waals surface area (Å²) in [5, 5.41) is 0. The van der Waals surface area contributed by atoms with Crippen molar-refractivity contribution in [1.82, 2.24) is 0 Å². The smallest absolute Gasteiger partial charge is 0.114 e. The molecular formula is C13H20N2O2. The molecule has 2 N–H and O–H groups in total. The zero-order valence-electron chi connectivity index (χ0n) is 10.2. The fourth-order valence-electron chi connectivity index (χ4n) is 1.50. The second-order valence-corrected chi connectivity index (χ2v) is 3.64. The van der Waals surface area contributed by atoms with Gasteiger partial charge in [-0.25, -0.2) is 0 Å². The third-order valence-electron chi connectivity index (χ3n) is 2.39. The van der Waals surface area contributed by atoms with E-state index >= 15 is 0 Å². The van der Waals surface area contributed by atoms with Crippen LogP contribution >= 0.6 is 0 Å². The highest BCUT2D eigenvalue weighted by Gasteiger charge is 2.08. The van der Waals surface area contributed by atoms with Crippen molar-refractivity contribution in [3.05, 3.63) is 36.3 Å². The van der Waals surface area contributed by atoms with E-state index in [2.05, 4.69) is 11.1 Å². The molecular weight excluding hydrogens is 216 g/mol. The molecule has 0 amide bonds. The molecule has 0 aromatic heterocycles. The molecule has 1 atom stereocenters. The summed E-state index contributed by atoms with van der Waals surface area (Å²) in [4.78, 5) is 4.23. The number of aliphatic imine (C=N–C) groups is 1. The minimum absolute atomic E-state index is 0.148. The first kappa shape index (κ1) is 13.5. The number of allylic oxidation sites excluding steroid dienone is 3. The molecule has 0 fully saturated rings. The van der Waals surface area contributed by atoms with Gasteiger partial charge in [0, 0.05) is 6.21 Å². The van der Waals surface area contributed by atoms with Crippen molar-refractivity contribution in [3.63, 3.8) is 0 Å². The van der Waals surface area contributed by atoms with Crippen LogP contribution in [0.4, 0.5) is 0 Å². The van der Waals surface area contributed by atoms with Gasteiger partial charge in [-0.3, -0.25) is 4.99 Å². The Hall–Kier alpha value is -1.55. The van der Waals surface area contributed by atoms with Crippen LogP contribution in [0, 0.1) is 0 Å². The Bertz CT molecular complexity index is 319. The summed E-state index contributed by atoms with van der Waals surface area (Å²) in [5.74, 6) is 0.892. The normalized spacial score (nSPS) is 27.1. The summed E-state index contributed by atoms with van der Waals surface area (Å²) >= 11 is 0. The second-order valence-electron chi connectivity index (χ2n) is 3.64. The van der Waals surface area contributed by atoms with E-state index in [1.807, 2.05) is 12.2 Å². The van der Waals surface area contributed by atoms with Crippen LogP contribution in [0.15, 0.2) is 41.3 Å². The van der Waals surface area contributed by atoms with Gasteiger partial charge in [0.25, 0.3) is 0 Å². The molecule has 0 saturated carbocycles. The van der Waals surface area contributed by atoms with Gasteiger partial charge in [-0.15, -0.1) is 0 Å². The molecule has 94 valence electrons. The van der Waals surface area contributed by atoms with Gasteiger partial charge in [0.2, 0.25) is 0 Å². The number of ether oxygens (including phenoxy) is 2. The van der Waals surface area contributed by atoms with Crippen molar-refractivity contribution in [3.8, 4) is 0 Å². The fraction of sp³-hybridized carbons (Fsp3) is 0.462. The summed E-state index contributed by atoms with van der Waals surface area (Å²) in [5.41, 5.74) is 5.21. The van der Waals surface area contributed by atoms with Crippen molar-refractivity contribution < 1.29 is 9.47 Å². The Balaban J connectivity index is 2.43. The van der Waals surface area contributed by atoms with Gasteiger partial charge < -0.3 is 15.2 Å². The molecule has 0 radical (unpaired) electrons. The van der Waals surface area contributed by atoms with Gasteiger partial charge in [0.05, 0.1) is 26.4 Å². The van der Waals surface area contributed by atoms with Crippen LogP contribution in [0.1, 0.15) is 12.8 Å². The molecule has 4 heteroatoms. The Labute approximate surface area is 103 Å². The Kier molecular flexibility index (Phi) is 6.82. The summed E-state index contributed by atoms with van der Waals surface area (Å²) in [6.45, 7) is 1.25. The number of rotatable bonds is 4. The van der Waals surface area contributed by atoms with Gasteiger partial charge >= 0.3 is 0 Å². The molecule has 0 aromatic carbocycles. The van der Waals surface area contributed by atoms with Gasteiger partial charge in [0.15, 0.2) is 0 Å². The molecule has 0 aromatic rings. The number of nitrogens with zero attached hydrogens (tertiary/aromatic N) is 1. The fourth-order valence-corrected chi connectivity index (χ4v) is 1.50. The topological polar surface area (TPSA) is 56.8 Å². The lowest BCUT2D eigenvalue weighted by Gasteiger charge is -2.12. The number of hydrogen-bond donors (Lipinski definition) is 1. The van der Waals surface area contributed by atoms with E-state index in [0.29, 0.717) is 13.2 Å². The highest BCUT2D eigenvalue weighted by Crippen LogP contribution is 2.10. The summed E-state index contributed by atoms with van der Waals surface area (Å²) in [6, 6.07) is 0. The van der Waals surface area contributed by atoms with Crippen molar-refractivity contribution >= 4 is 6.21 Å². The summed E-state index contributed by atoms with van der Waals surface area (Å²) in [6.07, 6.45) is 12.8. The molecule has 17 heavy (non-hydrogen) atoms. The van der Waals surface area contributed by atoms with E-state index in [1.165, 1.54) is 6.20 Å². The summed E-state index contributed by atoms with van der Waals surface area (Å²) < 4.78 is 10.9. The maximum absolute atomic E-state index is 5.69. The van der Waals surface area contributed by atoms with Crippen molar-refractivity contribution in [2.24, 2.45) is 10.7 Å². The van der Waals surface area contributed by atoms with Crippen molar-refractivity contribution in [1.29, 1.82) is 0 Å². The molecule has 4 nitrogen and oxygen atoms in total. The van der Waals surface area contributed by atoms with Crippen LogP contribution in [0.5, 0.6) is 0 Å². The van der Waals surface area contributed by atoms with E-state index in [4.69, 9.17) is 15.2 Å². The van der Waals surface area contributed by atoms with E-state index in [1.54, 1.807) is 19.4 Å². The van der Waals surface area contributed by atoms with E-state index in [9.17, 15) is 0 Å². The van der Waals surface area contributed by atoms with Gasteiger partial charge in [-0.1, -0.05) is 6.08 Å². The van der Waals surface area contributed by atoms with Crippen LogP contribution < -0.4 is 5.73 Å². The predicted octanol–water partition coefficient (Wildman–Crippen LogP) is 1.80. The van der Waals surface area contributed by atoms with Gasteiger partial charge in [0.1, 0.15) is 5.76 Å². The minimum Gasteiger partial charge on any atom is -0.497 e. The first-order valence-corrected chi connectivity index (χ1v) is 5.75. The maximum atomic E-state index is 5.69. The third-order valence-corrected chi connectivity index (χ3v) is 2.39. The Morgan fingerprint density at radius 1 is 1.65 bits per heavy atom. The van der Waals surface area contributed by atoms with E-state index in [0.717, 1.165) is 18.6 Å². The predicted molar refractivity (Wildman–Crippen MR) is 69.9 cm³/mol. The number of methoxy groups -OCH3 is 1.